The van der Waals surface area contributed by atoms with Crippen molar-refractivity contribution in [2.45, 2.75) is 78.5 Å². The number of ether oxygens (including phenoxy) is 1. The Bertz CT molecular complexity index is 866. The number of nitrogens with one attached hydrogen (secondary N) is 2. The number of hydrogen-bond acceptors (Lipinski definition) is 5. The van der Waals surface area contributed by atoms with Gasteiger partial charge in [-0.05, 0) is 76.2 Å². The molecule has 3 amide bonds. The molecule has 0 aliphatic rings. The van der Waals surface area contributed by atoms with Crippen LogP contribution in [0.1, 0.15) is 69.7 Å². The predicted molar refractivity (Wildman–Crippen MR) is 145 cm³/mol. The molecule has 196 valence electrons. The molecule has 0 bridgehead atoms. The Kier molecular flexibility index (Phi) is 12.9. The maximum atomic E-state index is 13.9. The number of hydrogen-bond donors (Lipinski definition) is 2. The summed E-state index contributed by atoms with van der Waals surface area (Å²) in [7, 11) is 0. The van der Waals surface area contributed by atoms with Crippen molar-refractivity contribution in [3.05, 3.63) is 47.5 Å². The number of alkyl carbamates (subject to hydrolysis) is 1. The molecule has 8 heteroatoms. The molecule has 1 aromatic rings. The average Bonchev–Trinajstić information content (AvgIpc) is 2.77. The third-order valence-corrected chi connectivity index (χ3v) is 6.18. The SMILES string of the molecule is C=CCN(C(=O)C(CCSC)NC(=O)OC(C)(C)C)C(C(=O)NCCCC)c1cccc(C)c1C. The normalized spacial score (nSPS) is 12.9. The van der Waals surface area contributed by atoms with E-state index in [-0.39, 0.29) is 18.4 Å². The maximum Gasteiger partial charge on any atom is 0.408 e. The van der Waals surface area contributed by atoms with Crippen LogP contribution in [0.25, 0.3) is 0 Å². The Balaban J connectivity index is 3.44. The van der Waals surface area contributed by atoms with Gasteiger partial charge in [-0.1, -0.05) is 37.6 Å². The van der Waals surface area contributed by atoms with Crippen LogP contribution in [0.2, 0.25) is 0 Å². The van der Waals surface area contributed by atoms with Crippen LogP contribution in [0.4, 0.5) is 4.79 Å². The number of rotatable bonds is 13. The van der Waals surface area contributed by atoms with Crippen LogP contribution >= 0.6 is 11.8 Å². The van der Waals surface area contributed by atoms with Gasteiger partial charge < -0.3 is 20.3 Å². The van der Waals surface area contributed by atoms with Crippen molar-refractivity contribution >= 4 is 29.7 Å². The van der Waals surface area contributed by atoms with E-state index >= 15 is 0 Å². The van der Waals surface area contributed by atoms with Crippen molar-refractivity contribution in [2.75, 3.05) is 25.1 Å². The third kappa shape index (κ3) is 9.96. The maximum absolute atomic E-state index is 13.9. The Morgan fingerprint density at radius 3 is 2.49 bits per heavy atom. The smallest absolute Gasteiger partial charge is 0.408 e. The second-order valence-corrected chi connectivity index (χ2v) is 10.6. The molecule has 1 aromatic carbocycles. The minimum absolute atomic E-state index is 0.157. The van der Waals surface area contributed by atoms with Crippen LogP contribution in [0.3, 0.4) is 0 Å². The number of aryl methyl sites for hydroxylation is 1. The molecule has 1 rings (SSSR count). The first-order valence-electron chi connectivity index (χ1n) is 12.2. The Labute approximate surface area is 215 Å². The van der Waals surface area contributed by atoms with E-state index in [4.69, 9.17) is 4.74 Å². The fraction of sp³-hybridized carbons (Fsp3) is 0.593. The Morgan fingerprint density at radius 1 is 1.23 bits per heavy atom. The van der Waals surface area contributed by atoms with Crippen molar-refractivity contribution in [3.8, 4) is 0 Å². The molecule has 0 fully saturated rings. The van der Waals surface area contributed by atoms with E-state index in [0.717, 1.165) is 29.5 Å². The van der Waals surface area contributed by atoms with E-state index in [0.29, 0.717) is 18.7 Å². The van der Waals surface area contributed by atoms with Gasteiger partial charge in [0, 0.05) is 13.1 Å². The van der Waals surface area contributed by atoms with Crippen molar-refractivity contribution in [3.63, 3.8) is 0 Å². The van der Waals surface area contributed by atoms with Crippen molar-refractivity contribution in [1.82, 2.24) is 15.5 Å². The first-order chi connectivity index (χ1) is 16.5. The van der Waals surface area contributed by atoms with E-state index in [1.54, 1.807) is 38.6 Å². The number of carbonyl (C=O) groups excluding carboxylic acids is 3. The van der Waals surface area contributed by atoms with Gasteiger partial charge in [0.15, 0.2) is 0 Å². The molecular formula is C27H43N3O4S. The first-order valence-corrected chi connectivity index (χ1v) is 13.6. The van der Waals surface area contributed by atoms with Gasteiger partial charge in [-0.15, -0.1) is 6.58 Å². The molecule has 0 aromatic heterocycles. The van der Waals surface area contributed by atoms with Gasteiger partial charge in [-0.25, -0.2) is 4.79 Å². The van der Waals surface area contributed by atoms with Crippen LogP contribution < -0.4 is 10.6 Å². The summed E-state index contributed by atoms with van der Waals surface area (Å²) < 4.78 is 5.40. The van der Waals surface area contributed by atoms with Crippen LogP contribution in [0.15, 0.2) is 30.9 Å². The van der Waals surface area contributed by atoms with Crippen LogP contribution in [0, 0.1) is 13.8 Å². The summed E-state index contributed by atoms with van der Waals surface area (Å²) in [5, 5.41) is 5.73. The zero-order valence-corrected chi connectivity index (χ0v) is 23.2. The highest BCUT2D eigenvalue weighted by Gasteiger charge is 2.36. The number of carbonyl (C=O) groups is 3. The Morgan fingerprint density at radius 2 is 1.91 bits per heavy atom. The van der Waals surface area contributed by atoms with Gasteiger partial charge in [-0.3, -0.25) is 9.59 Å². The van der Waals surface area contributed by atoms with Crippen LogP contribution in [-0.4, -0.2) is 59.5 Å². The molecule has 2 unspecified atom stereocenters. The quantitative estimate of drug-likeness (QED) is 0.293. The second kappa shape index (κ2) is 14.8. The largest absolute Gasteiger partial charge is 0.444 e. The average molecular weight is 506 g/mol. The van der Waals surface area contributed by atoms with Crippen LogP contribution in [-0.2, 0) is 14.3 Å². The fourth-order valence-corrected chi connectivity index (χ4v) is 4.08. The first kappa shape index (κ1) is 30.6. The second-order valence-electron chi connectivity index (χ2n) is 9.60. The molecule has 0 saturated carbocycles. The number of benzene rings is 1. The van der Waals surface area contributed by atoms with Gasteiger partial charge in [0.05, 0.1) is 0 Å². The number of nitrogens with zero attached hydrogens (tertiary/aromatic N) is 1. The Hall–Kier alpha value is -2.48. The number of thioether (sulfide) groups is 1. The predicted octanol–water partition coefficient (Wildman–Crippen LogP) is 4.92. The summed E-state index contributed by atoms with van der Waals surface area (Å²) in [4.78, 5) is 41.5. The zero-order valence-electron chi connectivity index (χ0n) is 22.4. The number of amides is 3. The zero-order chi connectivity index (χ0) is 26.6. The molecule has 0 heterocycles. The lowest BCUT2D eigenvalue weighted by atomic mass is 9.95. The van der Waals surface area contributed by atoms with E-state index < -0.39 is 23.8 Å². The lowest BCUT2D eigenvalue weighted by Gasteiger charge is -2.34. The van der Waals surface area contributed by atoms with Crippen LogP contribution in [0.5, 0.6) is 0 Å². The third-order valence-electron chi connectivity index (χ3n) is 5.54. The molecule has 0 saturated heterocycles. The highest BCUT2D eigenvalue weighted by atomic mass is 32.2. The molecule has 2 atom stereocenters. The summed E-state index contributed by atoms with van der Waals surface area (Å²) in [5.41, 5.74) is 2.05. The lowest BCUT2D eigenvalue weighted by Crippen LogP contribution is -2.53. The highest BCUT2D eigenvalue weighted by Crippen LogP contribution is 2.27. The summed E-state index contributed by atoms with van der Waals surface area (Å²) in [6.45, 7) is 15.8. The van der Waals surface area contributed by atoms with Crippen molar-refractivity contribution < 1.29 is 19.1 Å². The van der Waals surface area contributed by atoms with Crippen molar-refractivity contribution in [2.24, 2.45) is 0 Å². The van der Waals surface area contributed by atoms with E-state index in [9.17, 15) is 14.4 Å². The summed E-state index contributed by atoms with van der Waals surface area (Å²) in [6, 6.07) is 4.07. The summed E-state index contributed by atoms with van der Waals surface area (Å²) in [6.07, 6.45) is 5.08. The van der Waals surface area contributed by atoms with E-state index in [2.05, 4.69) is 24.1 Å². The van der Waals surface area contributed by atoms with Gasteiger partial charge in [0.25, 0.3) is 0 Å². The van der Waals surface area contributed by atoms with E-state index in [1.165, 1.54) is 4.90 Å². The molecule has 7 nitrogen and oxygen atoms in total. The molecule has 0 aliphatic carbocycles. The molecular weight excluding hydrogens is 462 g/mol. The molecule has 0 spiro atoms. The number of unbranched alkanes of at least 4 members (excludes halogenated alkanes) is 1. The van der Waals surface area contributed by atoms with Gasteiger partial charge in [-0.2, -0.15) is 11.8 Å². The summed E-state index contributed by atoms with van der Waals surface area (Å²) in [5.74, 6) is 0.0647. The van der Waals surface area contributed by atoms with Gasteiger partial charge in [0.2, 0.25) is 11.8 Å². The molecule has 35 heavy (non-hydrogen) atoms. The minimum atomic E-state index is -0.852. The fourth-order valence-electron chi connectivity index (χ4n) is 3.61. The summed E-state index contributed by atoms with van der Waals surface area (Å²) >= 11 is 1.58. The molecule has 0 radical (unpaired) electrons. The lowest BCUT2D eigenvalue weighted by molar-refractivity contribution is -0.141. The monoisotopic (exact) mass is 505 g/mol. The standard InChI is InChI=1S/C27H43N3O4S/c1-9-11-16-28-24(31)23(21-14-12-13-19(3)20(21)4)30(17-10-2)25(32)22(15-18-35-8)29-26(33)34-27(5,6)7/h10,12-14,22-23H,2,9,11,15-18H2,1,3-8H3,(H,28,31)(H,29,33). The van der Waals surface area contributed by atoms with Gasteiger partial charge in [0.1, 0.15) is 17.7 Å². The van der Waals surface area contributed by atoms with E-state index in [1.807, 2.05) is 38.3 Å². The highest BCUT2D eigenvalue weighted by molar-refractivity contribution is 7.98. The minimum Gasteiger partial charge on any atom is -0.444 e. The topological polar surface area (TPSA) is 87.7 Å². The molecule has 0 aliphatic heterocycles. The molecule has 2 N–H and O–H groups in total. The van der Waals surface area contributed by atoms with Gasteiger partial charge >= 0.3 is 6.09 Å². The van der Waals surface area contributed by atoms with Crippen molar-refractivity contribution in [1.29, 1.82) is 0 Å².